The molecular formula is C12H12FN3O4. The predicted octanol–water partition coefficient (Wildman–Crippen LogP) is 0.654. The molecule has 2 amide bonds. The molecule has 0 aliphatic heterocycles. The van der Waals surface area contributed by atoms with E-state index in [2.05, 4.69) is 10.6 Å². The molecule has 1 aromatic carbocycles. The first-order valence-electron chi connectivity index (χ1n) is 5.59. The maximum Gasteiger partial charge on any atom is 0.332 e. The molecule has 0 radical (unpaired) electrons. The molecule has 0 aliphatic rings. The van der Waals surface area contributed by atoms with Gasteiger partial charge in [0.25, 0.3) is 0 Å². The van der Waals surface area contributed by atoms with E-state index < -0.39 is 23.9 Å². The number of aliphatic hydroxyl groups is 1. The number of hydrogen-bond acceptors (Lipinski definition) is 4. The number of carboxylic acids is 1. The molecule has 0 fully saturated rings. The van der Waals surface area contributed by atoms with Gasteiger partial charge in [0.05, 0.1) is 17.3 Å². The Labute approximate surface area is 113 Å². The number of benzene rings is 1. The molecule has 0 spiro atoms. The molecule has 4 N–H and O–H groups in total. The number of nitrogens with zero attached hydrogens (tertiary/aromatic N) is 1. The number of aliphatic hydroxyl groups excluding tert-OH is 1. The fraction of sp³-hybridized carbons (Fsp3) is 0.250. The molecule has 0 aromatic heterocycles. The van der Waals surface area contributed by atoms with Crippen molar-refractivity contribution >= 4 is 17.7 Å². The number of hydrogen-bond donors (Lipinski definition) is 4. The van der Waals surface area contributed by atoms with E-state index in [-0.39, 0.29) is 24.2 Å². The van der Waals surface area contributed by atoms with Gasteiger partial charge in [0.1, 0.15) is 5.82 Å². The largest absolute Gasteiger partial charge is 0.479 e. The average Bonchev–Trinajstić information content (AvgIpc) is 2.40. The molecule has 0 aliphatic carbocycles. The zero-order valence-electron chi connectivity index (χ0n) is 10.3. The Hall–Kier alpha value is -2.66. The number of carboxylic acid groups (broad SMARTS) is 1. The molecule has 106 valence electrons. The van der Waals surface area contributed by atoms with Gasteiger partial charge in [0.15, 0.2) is 6.10 Å². The van der Waals surface area contributed by atoms with Gasteiger partial charge < -0.3 is 20.8 Å². The molecule has 1 atom stereocenters. The van der Waals surface area contributed by atoms with Crippen molar-refractivity contribution in [1.29, 1.82) is 5.26 Å². The first kappa shape index (κ1) is 15.4. The van der Waals surface area contributed by atoms with E-state index in [0.717, 1.165) is 6.07 Å². The summed E-state index contributed by atoms with van der Waals surface area (Å²) in [7, 11) is 0. The summed E-state index contributed by atoms with van der Waals surface area (Å²) >= 11 is 0. The number of anilines is 1. The minimum absolute atomic E-state index is 0.0861. The maximum atomic E-state index is 13.4. The second-order valence-corrected chi connectivity index (χ2v) is 3.83. The van der Waals surface area contributed by atoms with Gasteiger partial charge in [-0.15, -0.1) is 0 Å². The summed E-state index contributed by atoms with van der Waals surface area (Å²) in [6.45, 7) is -0.0861. The van der Waals surface area contributed by atoms with Crippen LogP contribution in [0.25, 0.3) is 0 Å². The van der Waals surface area contributed by atoms with E-state index in [0.29, 0.717) is 0 Å². The Morgan fingerprint density at radius 1 is 1.45 bits per heavy atom. The van der Waals surface area contributed by atoms with Crippen molar-refractivity contribution in [3.05, 3.63) is 29.6 Å². The van der Waals surface area contributed by atoms with Gasteiger partial charge in [-0.3, -0.25) is 0 Å². The van der Waals surface area contributed by atoms with Crippen LogP contribution in [0.1, 0.15) is 12.0 Å². The van der Waals surface area contributed by atoms with Gasteiger partial charge in [-0.25, -0.2) is 14.0 Å². The van der Waals surface area contributed by atoms with Crippen LogP contribution in [0, 0.1) is 17.1 Å². The Morgan fingerprint density at radius 2 is 2.15 bits per heavy atom. The average molecular weight is 281 g/mol. The van der Waals surface area contributed by atoms with Crippen LogP contribution >= 0.6 is 0 Å². The van der Waals surface area contributed by atoms with Crippen molar-refractivity contribution in [3.8, 4) is 6.07 Å². The number of carbonyl (C=O) groups excluding carboxylic acids is 1. The number of halogens is 1. The summed E-state index contributed by atoms with van der Waals surface area (Å²) in [5.74, 6) is -2.14. The summed E-state index contributed by atoms with van der Waals surface area (Å²) in [5.41, 5.74) is 0.0123. The fourth-order valence-electron chi connectivity index (χ4n) is 1.30. The van der Waals surface area contributed by atoms with Gasteiger partial charge >= 0.3 is 12.0 Å². The van der Waals surface area contributed by atoms with Crippen LogP contribution in [0.5, 0.6) is 0 Å². The molecule has 0 unspecified atom stereocenters. The van der Waals surface area contributed by atoms with Crippen LogP contribution < -0.4 is 10.6 Å². The van der Waals surface area contributed by atoms with Crippen molar-refractivity contribution in [3.63, 3.8) is 0 Å². The minimum atomic E-state index is -1.57. The van der Waals surface area contributed by atoms with Crippen LogP contribution in [0.3, 0.4) is 0 Å². The number of amides is 2. The van der Waals surface area contributed by atoms with Crippen LogP contribution in [0.15, 0.2) is 18.2 Å². The third-order valence-corrected chi connectivity index (χ3v) is 2.33. The van der Waals surface area contributed by atoms with Gasteiger partial charge in [0, 0.05) is 13.0 Å². The zero-order chi connectivity index (χ0) is 15.1. The molecule has 1 rings (SSSR count). The van der Waals surface area contributed by atoms with E-state index in [1.165, 1.54) is 12.1 Å². The number of aliphatic carboxylic acids is 1. The lowest BCUT2D eigenvalue weighted by Crippen LogP contribution is -2.33. The molecule has 7 nitrogen and oxygen atoms in total. The molecule has 8 heteroatoms. The van der Waals surface area contributed by atoms with E-state index in [9.17, 15) is 14.0 Å². The summed E-state index contributed by atoms with van der Waals surface area (Å²) in [5, 5.41) is 30.4. The molecule has 1 aromatic rings. The first-order valence-corrected chi connectivity index (χ1v) is 5.59. The van der Waals surface area contributed by atoms with Gasteiger partial charge in [-0.05, 0) is 18.2 Å². The van der Waals surface area contributed by atoms with Crippen molar-refractivity contribution in [2.75, 3.05) is 11.9 Å². The fourth-order valence-corrected chi connectivity index (χ4v) is 1.30. The second kappa shape index (κ2) is 7.06. The topological polar surface area (TPSA) is 122 Å². The Bertz CT molecular complexity index is 556. The standard InChI is InChI=1S/C12H12FN3O4/c13-8-5-7(6-14)1-2-9(8)16-12(20)15-4-3-10(17)11(18)19/h1-2,5,10,17H,3-4H2,(H,18,19)(H2,15,16,20)/t10-/m0/s1. The van der Waals surface area contributed by atoms with Crippen LogP contribution in [0.4, 0.5) is 14.9 Å². The summed E-state index contributed by atoms with van der Waals surface area (Å²) < 4.78 is 13.4. The number of nitrogens with one attached hydrogen (secondary N) is 2. The highest BCUT2D eigenvalue weighted by Gasteiger charge is 2.13. The van der Waals surface area contributed by atoms with E-state index >= 15 is 0 Å². The lowest BCUT2D eigenvalue weighted by Gasteiger charge is -2.09. The summed E-state index contributed by atoms with van der Waals surface area (Å²) in [6, 6.07) is 4.56. The zero-order valence-corrected chi connectivity index (χ0v) is 10.3. The van der Waals surface area contributed by atoms with Crippen molar-refractivity contribution in [1.82, 2.24) is 5.32 Å². The molecular weight excluding hydrogens is 269 g/mol. The molecule has 0 bridgehead atoms. The monoisotopic (exact) mass is 281 g/mol. The van der Waals surface area contributed by atoms with E-state index in [1.54, 1.807) is 6.07 Å². The van der Waals surface area contributed by atoms with E-state index in [1.807, 2.05) is 0 Å². The predicted molar refractivity (Wildman–Crippen MR) is 66.4 cm³/mol. The highest BCUT2D eigenvalue weighted by Crippen LogP contribution is 2.14. The quantitative estimate of drug-likeness (QED) is 0.631. The highest BCUT2D eigenvalue weighted by atomic mass is 19.1. The normalized spacial score (nSPS) is 11.2. The molecule has 20 heavy (non-hydrogen) atoms. The number of carbonyl (C=O) groups is 2. The van der Waals surface area contributed by atoms with E-state index in [4.69, 9.17) is 15.5 Å². The summed E-state index contributed by atoms with van der Waals surface area (Å²) in [4.78, 5) is 21.7. The third kappa shape index (κ3) is 4.55. The summed E-state index contributed by atoms with van der Waals surface area (Å²) in [6.07, 6.45) is -1.74. The lowest BCUT2D eigenvalue weighted by molar-refractivity contribution is -0.146. The van der Waals surface area contributed by atoms with Crippen molar-refractivity contribution < 1.29 is 24.2 Å². The first-order chi connectivity index (χ1) is 9.43. The van der Waals surface area contributed by atoms with Gasteiger partial charge in [-0.1, -0.05) is 0 Å². The number of rotatable bonds is 5. The molecule has 0 heterocycles. The van der Waals surface area contributed by atoms with Crippen molar-refractivity contribution in [2.45, 2.75) is 12.5 Å². The van der Waals surface area contributed by atoms with Crippen LogP contribution in [0.2, 0.25) is 0 Å². The smallest absolute Gasteiger partial charge is 0.332 e. The third-order valence-electron chi connectivity index (χ3n) is 2.33. The van der Waals surface area contributed by atoms with Crippen LogP contribution in [-0.4, -0.2) is 34.9 Å². The lowest BCUT2D eigenvalue weighted by atomic mass is 10.2. The Kier molecular flexibility index (Phi) is 5.43. The van der Waals surface area contributed by atoms with Crippen molar-refractivity contribution in [2.24, 2.45) is 0 Å². The maximum absolute atomic E-state index is 13.4. The van der Waals surface area contributed by atoms with Gasteiger partial charge in [0.2, 0.25) is 0 Å². The second-order valence-electron chi connectivity index (χ2n) is 3.83. The van der Waals surface area contributed by atoms with Gasteiger partial charge in [-0.2, -0.15) is 5.26 Å². The minimum Gasteiger partial charge on any atom is -0.479 e. The number of urea groups is 1. The highest BCUT2D eigenvalue weighted by molar-refractivity contribution is 5.89. The molecule has 0 saturated carbocycles. The molecule has 0 saturated heterocycles. The van der Waals surface area contributed by atoms with Crippen LogP contribution in [-0.2, 0) is 4.79 Å². The Balaban J connectivity index is 2.47. The SMILES string of the molecule is N#Cc1ccc(NC(=O)NCC[C@H](O)C(=O)O)c(F)c1. The Morgan fingerprint density at radius 3 is 2.70 bits per heavy atom. The number of nitriles is 1.